The Morgan fingerprint density at radius 3 is 2.60 bits per heavy atom. The Labute approximate surface area is 174 Å². The zero-order valence-corrected chi connectivity index (χ0v) is 18.9. The van der Waals surface area contributed by atoms with Crippen LogP contribution in [0.15, 0.2) is 27.7 Å². The van der Waals surface area contributed by atoms with Crippen molar-refractivity contribution >= 4 is 45.9 Å². The largest absolute Gasteiger partial charge is 0.379 e. The molecule has 1 aliphatic rings. The predicted octanol–water partition coefficient (Wildman–Crippen LogP) is 2.98. The van der Waals surface area contributed by atoms with Crippen molar-refractivity contribution in [2.45, 2.75) is 25.9 Å². The van der Waals surface area contributed by atoms with Crippen LogP contribution in [0.2, 0.25) is 0 Å². The van der Waals surface area contributed by atoms with E-state index in [9.17, 15) is 4.39 Å². The first-order chi connectivity index (χ1) is 11.4. The summed E-state index contributed by atoms with van der Waals surface area (Å²) in [6.07, 6.45) is 0. The van der Waals surface area contributed by atoms with E-state index in [4.69, 9.17) is 4.74 Å². The number of morpholine rings is 1. The number of rotatable bonds is 5. The summed E-state index contributed by atoms with van der Waals surface area (Å²) >= 11 is 3.16. The number of guanidine groups is 1. The van der Waals surface area contributed by atoms with Gasteiger partial charge in [0, 0.05) is 38.8 Å². The van der Waals surface area contributed by atoms with Gasteiger partial charge < -0.3 is 15.4 Å². The summed E-state index contributed by atoms with van der Waals surface area (Å²) < 4.78 is 19.4. The third kappa shape index (κ3) is 6.99. The molecular weight excluding hydrogens is 502 g/mol. The lowest BCUT2D eigenvalue weighted by atomic mass is 10.0. The van der Waals surface area contributed by atoms with E-state index in [1.54, 1.807) is 13.1 Å². The van der Waals surface area contributed by atoms with Crippen LogP contribution in [0.1, 0.15) is 19.4 Å². The van der Waals surface area contributed by atoms with E-state index in [1.165, 1.54) is 6.07 Å². The van der Waals surface area contributed by atoms with Crippen LogP contribution in [0.3, 0.4) is 0 Å². The fraction of sp³-hybridized carbons (Fsp3) is 0.588. The molecule has 2 N–H and O–H groups in total. The SMILES string of the molecule is CN=C(NCc1ccc(Br)c(F)c1)NCC(C)(C)N1CCOCC1.I. The van der Waals surface area contributed by atoms with Crippen molar-refractivity contribution in [1.29, 1.82) is 0 Å². The molecule has 0 radical (unpaired) electrons. The summed E-state index contributed by atoms with van der Waals surface area (Å²) in [5.41, 5.74) is 0.872. The minimum Gasteiger partial charge on any atom is -0.379 e. The molecule has 25 heavy (non-hydrogen) atoms. The summed E-state index contributed by atoms with van der Waals surface area (Å²) in [7, 11) is 1.74. The molecular formula is C17H27BrFIN4O. The maximum Gasteiger partial charge on any atom is 0.191 e. The van der Waals surface area contributed by atoms with E-state index in [1.807, 2.05) is 6.07 Å². The van der Waals surface area contributed by atoms with Crippen molar-refractivity contribution in [2.24, 2.45) is 4.99 Å². The molecule has 0 aromatic heterocycles. The van der Waals surface area contributed by atoms with Crippen molar-refractivity contribution in [3.8, 4) is 0 Å². The van der Waals surface area contributed by atoms with Gasteiger partial charge >= 0.3 is 0 Å². The molecule has 0 amide bonds. The quantitative estimate of drug-likeness (QED) is 0.350. The Hall–Kier alpha value is -0.450. The van der Waals surface area contributed by atoms with Crippen molar-refractivity contribution < 1.29 is 9.13 Å². The fourth-order valence-electron chi connectivity index (χ4n) is 2.64. The first-order valence-corrected chi connectivity index (χ1v) is 8.93. The highest BCUT2D eigenvalue weighted by atomic mass is 127. The molecule has 142 valence electrons. The Bertz CT molecular complexity index is 580. The first-order valence-electron chi connectivity index (χ1n) is 8.13. The highest BCUT2D eigenvalue weighted by Crippen LogP contribution is 2.16. The summed E-state index contributed by atoms with van der Waals surface area (Å²) in [5.74, 6) is 0.449. The second-order valence-electron chi connectivity index (χ2n) is 6.44. The Morgan fingerprint density at radius 2 is 2.00 bits per heavy atom. The zero-order valence-electron chi connectivity index (χ0n) is 14.9. The number of hydrogen-bond donors (Lipinski definition) is 2. The number of aliphatic imine (C=N–C) groups is 1. The number of hydrogen-bond acceptors (Lipinski definition) is 3. The molecule has 1 aromatic carbocycles. The Balaban J connectivity index is 0.00000312. The molecule has 0 spiro atoms. The van der Waals surface area contributed by atoms with Gasteiger partial charge in [0.2, 0.25) is 0 Å². The van der Waals surface area contributed by atoms with Crippen LogP contribution in [0.25, 0.3) is 0 Å². The van der Waals surface area contributed by atoms with Gasteiger partial charge in [-0.25, -0.2) is 4.39 Å². The van der Waals surface area contributed by atoms with E-state index >= 15 is 0 Å². The monoisotopic (exact) mass is 528 g/mol. The van der Waals surface area contributed by atoms with Gasteiger partial charge in [0.05, 0.1) is 17.7 Å². The number of nitrogens with zero attached hydrogens (tertiary/aromatic N) is 2. The molecule has 1 saturated heterocycles. The van der Waals surface area contributed by atoms with E-state index in [2.05, 4.69) is 50.3 Å². The van der Waals surface area contributed by atoms with Gasteiger partial charge in [0.1, 0.15) is 5.82 Å². The highest BCUT2D eigenvalue weighted by molar-refractivity contribution is 14.0. The van der Waals surface area contributed by atoms with Gasteiger partial charge in [-0.2, -0.15) is 0 Å². The first kappa shape index (κ1) is 22.6. The minimum atomic E-state index is -0.259. The van der Waals surface area contributed by atoms with Crippen LogP contribution >= 0.6 is 39.9 Å². The maximum absolute atomic E-state index is 13.6. The van der Waals surface area contributed by atoms with Crippen LogP contribution in [-0.4, -0.2) is 56.3 Å². The van der Waals surface area contributed by atoms with Crippen LogP contribution < -0.4 is 10.6 Å². The summed E-state index contributed by atoms with van der Waals surface area (Å²) in [5, 5.41) is 6.58. The van der Waals surface area contributed by atoms with Crippen molar-refractivity contribution in [3.05, 3.63) is 34.1 Å². The van der Waals surface area contributed by atoms with Gasteiger partial charge in [-0.1, -0.05) is 6.07 Å². The summed E-state index contributed by atoms with van der Waals surface area (Å²) in [6, 6.07) is 5.11. The van der Waals surface area contributed by atoms with Crippen molar-refractivity contribution in [1.82, 2.24) is 15.5 Å². The van der Waals surface area contributed by atoms with Gasteiger partial charge in [-0.3, -0.25) is 9.89 Å². The second kappa shape index (κ2) is 10.6. The van der Waals surface area contributed by atoms with Gasteiger partial charge in [0.25, 0.3) is 0 Å². The van der Waals surface area contributed by atoms with Crippen LogP contribution in [-0.2, 0) is 11.3 Å². The summed E-state index contributed by atoms with van der Waals surface area (Å²) in [4.78, 5) is 6.66. The number of benzene rings is 1. The third-order valence-corrected chi connectivity index (χ3v) is 4.87. The van der Waals surface area contributed by atoms with E-state index in [0.29, 0.717) is 17.0 Å². The topological polar surface area (TPSA) is 48.9 Å². The molecule has 1 fully saturated rings. The van der Waals surface area contributed by atoms with Crippen LogP contribution in [0.4, 0.5) is 4.39 Å². The average molecular weight is 529 g/mol. The van der Waals surface area contributed by atoms with Crippen LogP contribution in [0.5, 0.6) is 0 Å². The normalized spacial score (nSPS) is 16.3. The van der Waals surface area contributed by atoms with E-state index in [0.717, 1.165) is 38.4 Å². The molecule has 1 aliphatic heterocycles. The van der Waals surface area contributed by atoms with Gasteiger partial charge in [-0.15, -0.1) is 24.0 Å². The molecule has 0 bridgehead atoms. The van der Waals surface area contributed by atoms with Crippen LogP contribution in [0, 0.1) is 5.82 Å². The smallest absolute Gasteiger partial charge is 0.191 e. The molecule has 0 unspecified atom stereocenters. The molecule has 1 heterocycles. The number of ether oxygens (including phenoxy) is 1. The molecule has 2 rings (SSSR count). The number of halogens is 3. The fourth-order valence-corrected chi connectivity index (χ4v) is 2.88. The summed E-state index contributed by atoms with van der Waals surface area (Å²) in [6.45, 7) is 9.16. The lowest BCUT2D eigenvalue weighted by molar-refractivity contribution is -0.00834. The molecule has 0 aliphatic carbocycles. The zero-order chi connectivity index (χ0) is 17.6. The van der Waals surface area contributed by atoms with Gasteiger partial charge in [-0.05, 0) is 47.5 Å². The van der Waals surface area contributed by atoms with Crippen molar-refractivity contribution in [2.75, 3.05) is 39.9 Å². The molecule has 0 atom stereocenters. The predicted molar refractivity (Wildman–Crippen MR) is 114 cm³/mol. The minimum absolute atomic E-state index is 0. The Kier molecular flexibility index (Phi) is 9.61. The second-order valence-corrected chi connectivity index (χ2v) is 7.29. The lowest BCUT2D eigenvalue weighted by Crippen LogP contribution is -2.56. The molecule has 5 nitrogen and oxygen atoms in total. The van der Waals surface area contributed by atoms with Gasteiger partial charge in [0.15, 0.2) is 5.96 Å². The molecule has 1 aromatic rings. The Morgan fingerprint density at radius 1 is 1.32 bits per heavy atom. The average Bonchev–Trinajstić information content (AvgIpc) is 2.59. The van der Waals surface area contributed by atoms with E-state index < -0.39 is 0 Å². The van der Waals surface area contributed by atoms with E-state index in [-0.39, 0.29) is 35.3 Å². The highest BCUT2D eigenvalue weighted by Gasteiger charge is 2.28. The molecule has 8 heteroatoms. The van der Waals surface area contributed by atoms with Crippen molar-refractivity contribution in [3.63, 3.8) is 0 Å². The standard InChI is InChI=1S/C17H26BrFN4O.HI/c1-17(2,23-6-8-24-9-7-23)12-22-16(20-3)21-11-13-4-5-14(18)15(19)10-13;/h4-5,10H,6-9,11-12H2,1-3H3,(H2,20,21,22);1H. The maximum atomic E-state index is 13.6. The number of nitrogens with one attached hydrogen (secondary N) is 2. The molecule has 0 saturated carbocycles. The third-order valence-electron chi connectivity index (χ3n) is 4.22. The lowest BCUT2D eigenvalue weighted by Gasteiger charge is -2.41.